The number of nitrogens with one attached hydrogen (secondary N) is 1. The number of aromatic nitrogens is 1. The van der Waals surface area contributed by atoms with Crippen LogP contribution in [0.5, 0.6) is 0 Å². The molecule has 0 aliphatic heterocycles. The lowest BCUT2D eigenvalue weighted by Gasteiger charge is -2.16. The zero-order chi connectivity index (χ0) is 13.0. The molecule has 0 bridgehead atoms. The summed E-state index contributed by atoms with van der Waals surface area (Å²) in [5.41, 5.74) is 3.19. The van der Waals surface area contributed by atoms with Gasteiger partial charge in [-0.2, -0.15) is 0 Å². The predicted octanol–water partition coefficient (Wildman–Crippen LogP) is 3.57. The lowest BCUT2D eigenvalue weighted by Crippen LogP contribution is -2.18. The summed E-state index contributed by atoms with van der Waals surface area (Å²) in [5.74, 6) is -0.183. The van der Waals surface area contributed by atoms with Crippen molar-refractivity contribution in [1.82, 2.24) is 4.98 Å². The number of pyridine rings is 1. The second-order valence-corrected chi connectivity index (χ2v) is 4.57. The largest absolute Gasteiger partial charge is 0.381 e. The van der Waals surface area contributed by atoms with E-state index in [1.165, 1.54) is 6.07 Å². The van der Waals surface area contributed by atoms with Gasteiger partial charge in [-0.25, -0.2) is 4.39 Å². The third-order valence-electron chi connectivity index (χ3n) is 2.87. The summed E-state index contributed by atoms with van der Waals surface area (Å²) in [6.07, 6.45) is 4.38. The fourth-order valence-corrected chi connectivity index (χ4v) is 1.95. The molecule has 94 valence electrons. The Morgan fingerprint density at radius 2 is 2.17 bits per heavy atom. The Morgan fingerprint density at radius 1 is 1.33 bits per heavy atom. The third kappa shape index (κ3) is 3.29. The monoisotopic (exact) mass is 244 g/mol. The highest BCUT2D eigenvalue weighted by Crippen LogP contribution is 2.15. The maximum absolute atomic E-state index is 13.1. The van der Waals surface area contributed by atoms with Crippen LogP contribution in [0.15, 0.2) is 42.7 Å². The molecule has 1 heterocycles. The van der Waals surface area contributed by atoms with Gasteiger partial charge in [0.05, 0.1) is 11.9 Å². The van der Waals surface area contributed by atoms with Crippen molar-refractivity contribution in [1.29, 1.82) is 0 Å². The van der Waals surface area contributed by atoms with Gasteiger partial charge in [0.15, 0.2) is 0 Å². The number of benzene rings is 1. The van der Waals surface area contributed by atoms with Crippen molar-refractivity contribution in [2.24, 2.45) is 0 Å². The Morgan fingerprint density at radius 3 is 2.89 bits per heavy atom. The Hall–Kier alpha value is -1.90. The van der Waals surface area contributed by atoms with E-state index in [1.54, 1.807) is 18.3 Å². The van der Waals surface area contributed by atoms with Gasteiger partial charge in [-0.15, -0.1) is 0 Å². The second-order valence-electron chi connectivity index (χ2n) is 4.57. The number of aryl methyl sites for hydroxylation is 1. The fraction of sp³-hybridized carbons (Fsp3) is 0.267. The van der Waals surface area contributed by atoms with Crippen molar-refractivity contribution < 1.29 is 4.39 Å². The van der Waals surface area contributed by atoms with E-state index in [9.17, 15) is 4.39 Å². The van der Waals surface area contributed by atoms with Gasteiger partial charge < -0.3 is 5.32 Å². The average Bonchev–Trinajstić information content (AvgIpc) is 2.32. The Balaban J connectivity index is 2.01. The lowest BCUT2D eigenvalue weighted by atomic mass is 10.1. The van der Waals surface area contributed by atoms with Crippen molar-refractivity contribution in [2.75, 3.05) is 5.32 Å². The van der Waals surface area contributed by atoms with Crippen LogP contribution >= 0.6 is 0 Å². The number of rotatable bonds is 4. The summed E-state index contributed by atoms with van der Waals surface area (Å²) in [4.78, 5) is 4.10. The molecule has 0 spiro atoms. The van der Waals surface area contributed by atoms with Gasteiger partial charge in [0.2, 0.25) is 0 Å². The van der Waals surface area contributed by atoms with Gasteiger partial charge in [-0.05, 0) is 49.6 Å². The Bertz CT molecular complexity index is 525. The molecule has 3 heteroatoms. The van der Waals surface area contributed by atoms with Crippen LogP contribution in [0, 0.1) is 12.7 Å². The summed E-state index contributed by atoms with van der Waals surface area (Å²) in [7, 11) is 0. The first-order valence-corrected chi connectivity index (χ1v) is 6.07. The summed E-state index contributed by atoms with van der Waals surface area (Å²) in [5, 5.41) is 3.39. The first-order chi connectivity index (χ1) is 8.65. The van der Waals surface area contributed by atoms with E-state index in [4.69, 9.17) is 0 Å². The van der Waals surface area contributed by atoms with Gasteiger partial charge in [0.1, 0.15) is 5.82 Å². The minimum atomic E-state index is -0.183. The maximum Gasteiger partial charge on any atom is 0.123 e. The molecule has 0 radical (unpaired) electrons. The SMILES string of the molecule is Cc1ccncc1NC(C)Cc1cccc(F)c1. The van der Waals surface area contributed by atoms with Crippen molar-refractivity contribution in [3.63, 3.8) is 0 Å². The van der Waals surface area contributed by atoms with Gasteiger partial charge in [-0.3, -0.25) is 4.98 Å². The molecule has 0 amide bonds. The third-order valence-corrected chi connectivity index (χ3v) is 2.87. The molecule has 0 fully saturated rings. The van der Waals surface area contributed by atoms with Crippen LogP contribution in [-0.2, 0) is 6.42 Å². The van der Waals surface area contributed by atoms with Crippen LogP contribution < -0.4 is 5.32 Å². The predicted molar refractivity (Wildman–Crippen MR) is 72.2 cm³/mol. The van der Waals surface area contributed by atoms with E-state index >= 15 is 0 Å². The van der Waals surface area contributed by atoms with E-state index in [2.05, 4.69) is 17.2 Å². The molecule has 0 aliphatic carbocycles. The number of hydrogen-bond donors (Lipinski definition) is 1. The molecule has 1 aromatic heterocycles. The molecule has 1 N–H and O–H groups in total. The highest BCUT2D eigenvalue weighted by atomic mass is 19.1. The number of anilines is 1. The number of hydrogen-bond acceptors (Lipinski definition) is 2. The molecule has 0 saturated heterocycles. The summed E-state index contributed by atoms with van der Waals surface area (Å²) < 4.78 is 13.1. The van der Waals surface area contributed by atoms with Crippen LogP contribution in [0.3, 0.4) is 0 Å². The van der Waals surface area contributed by atoms with Crippen molar-refractivity contribution in [3.8, 4) is 0 Å². The van der Waals surface area contributed by atoms with Crippen LogP contribution in [0.4, 0.5) is 10.1 Å². The summed E-state index contributed by atoms with van der Waals surface area (Å²) >= 11 is 0. The zero-order valence-corrected chi connectivity index (χ0v) is 10.7. The number of halogens is 1. The molecule has 1 atom stereocenters. The first-order valence-electron chi connectivity index (χ1n) is 6.07. The zero-order valence-electron chi connectivity index (χ0n) is 10.7. The maximum atomic E-state index is 13.1. The van der Waals surface area contributed by atoms with Crippen LogP contribution in [-0.4, -0.2) is 11.0 Å². The lowest BCUT2D eigenvalue weighted by molar-refractivity contribution is 0.624. The Kier molecular flexibility index (Phi) is 3.92. The van der Waals surface area contributed by atoms with Crippen LogP contribution in [0.25, 0.3) is 0 Å². The van der Waals surface area contributed by atoms with Crippen LogP contribution in [0.2, 0.25) is 0 Å². The topological polar surface area (TPSA) is 24.9 Å². The molecule has 2 rings (SSSR count). The van der Waals surface area contributed by atoms with Gasteiger partial charge >= 0.3 is 0 Å². The van der Waals surface area contributed by atoms with Crippen molar-refractivity contribution in [2.45, 2.75) is 26.3 Å². The van der Waals surface area contributed by atoms with E-state index in [0.717, 1.165) is 23.2 Å². The Labute approximate surface area is 107 Å². The molecular formula is C15H17FN2. The van der Waals surface area contributed by atoms with Crippen molar-refractivity contribution >= 4 is 5.69 Å². The number of nitrogens with zero attached hydrogens (tertiary/aromatic N) is 1. The standard InChI is InChI=1S/C15H17FN2/c1-11-6-7-17-10-15(11)18-12(2)8-13-4-3-5-14(16)9-13/h3-7,9-10,12,18H,8H2,1-2H3. The van der Waals surface area contributed by atoms with Gasteiger partial charge in [-0.1, -0.05) is 12.1 Å². The van der Waals surface area contributed by atoms with E-state index in [1.807, 2.05) is 25.3 Å². The smallest absolute Gasteiger partial charge is 0.123 e. The molecule has 18 heavy (non-hydrogen) atoms. The van der Waals surface area contributed by atoms with E-state index in [-0.39, 0.29) is 11.9 Å². The fourth-order valence-electron chi connectivity index (χ4n) is 1.95. The highest BCUT2D eigenvalue weighted by molar-refractivity contribution is 5.48. The van der Waals surface area contributed by atoms with Crippen molar-refractivity contribution in [3.05, 3.63) is 59.7 Å². The first kappa shape index (κ1) is 12.6. The van der Waals surface area contributed by atoms with Gasteiger partial charge in [0.25, 0.3) is 0 Å². The molecular weight excluding hydrogens is 227 g/mol. The average molecular weight is 244 g/mol. The summed E-state index contributed by atoms with van der Waals surface area (Å²) in [6.45, 7) is 4.12. The second kappa shape index (κ2) is 5.63. The molecule has 2 nitrogen and oxygen atoms in total. The highest BCUT2D eigenvalue weighted by Gasteiger charge is 2.06. The van der Waals surface area contributed by atoms with Gasteiger partial charge in [0, 0.05) is 12.2 Å². The van der Waals surface area contributed by atoms with E-state index < -0.39 is 0 Å². The molecule has 0 saturated carbocycles. The quantitative estimate of drug-likeness (QED) is 0.889. The molecule has 2 aromatic rings. The molecule has 1 unspecified atom stereocenters. The molecule has 0 aliphatic rings. The van der Waals surface area contributed by atoms with Crippen LogP contribution in [0.1, 0.15) is 18.1 Å². The normalized spacial score (nSPS) is 12.2. The summed E-state index contributed by atoms with van der Waals surface area (Å²) in [6, 6.07) is 8.93. The minimum Gasteiger partial charge on any atom is -0.381 e. The molecule has 1 aromatic carbocycles. The van der Waals surface area contributed by atoms with E-state index in [0.29, 0.717) is 0 Å². The minimum absolute atomic E-state index is 0.183.